The van der Waals surface area contributed by atoms with Crippen LogP contribution in [0.5, 0.6) is 0 Å². The number of esters is 1. The lowest BCUT2D eigenvalue weighted by Crippen LogP contribution is -2.47. The van der Waals surface area contributed by atoms with Crippen molar-refractivity contribution in [2.45, 2.75) is 103 Å². The molecule has 0 aromatic rings. The fourth-order valence-electron chi connectivity index (χ4n) is 2.84. The number of amides is 1. The van der Waals surface area contributed by atoms with Gasteiger partial charge in [0.25, 0.3) is 0 Å². The molecule has 7 heteroatoms. The van der Waals surface area contributed by atoms with E-state index in [0.717, 1.165) is 19.3 Å². The van der Waals surface area contributed by atoms with Crippen LogP contribution in [-0.2, 0) is 14.3 Å². The third-order valence-corrected chi connectivity index (χ3v) is 4.49. The Hall–Kier alpha value is -1.53. The van der Waals surface area contributed by atoms with Gasteiger partial charge in [0, 0.05) is 0 Å². The fraction of sp³-hybridized carbons (Fsp3) is 0.810. The molecule has 0 spiro atoms. The minimum atomic E-state index is -5.03. The molecule has 0 saturated heterocycles. The summed E-state index contributed by atoms with van der Waals surface area (Å²) in [7, 11) is 0. The first-order valence-corrected chi connectivity index (χ1v) is 10.5. The van der Waals surface area contributed by atoms with Gasteiger partial charge in [-0.3, -0.25) is 4.79 Å². The molecule has 1 atom stereocenters. The number of unbranched alkanes of at least 4 members (excludes halogenated alkanes) is 11. The van der Waals surface area contributed by atoms with Crippen molar-refractivity contribution in [3.8, 4) is 0 Å². The smallest absolute Gasteiger partial charge is 0.464 e. The number of hydrogen-bond donors (Lipinski definition) is 1. The van der Waals surface area contributed by atoms with Crippen LogP contribution in [0.25, 0.3) is 0 Å². The number of halogens is 3. The number of carbonyl (C=O) groups is 2. The zero-order chi connectivity index (χ0) is 21.3. The number of ether oxygens (including phenoxy) is 1. The average Bonchev–Trinajstić information content (AvgIpc) is 2.64. The highest BCUT2D eigenvalue weighted by atomic mass is 19.4. The van der Waals surface area contributed by atoms with Crippen LogP contribution in [0.1, 0.15) is 90.4 Å². The molecule has 1 amide bonds. The maximum Gasteiger partial charge on any atom is 0.471 e. The molecule has 164 valence electrons. The van der Waals surface area contributed by atoms with E-state index >= 15 is 0 Å². The monoisotopic (exact) mass is 407 g/mol. The lowest BCUT2D eigenvalue weighted by molar-refractivity contribution is -0.175. The normalized spacial score (nSPS) is 12.4. The number of hydrogen-bond acceptors (Lipinski definition) is 3. The van der Waals surface area contributed by atoms with E-state index in [-0.39, 0.29) is 13.0 Å². The second-order valence-electron chi connectivity index (χ2n) is 7.10. The Balaban J connectivity index is 3.73. The van der Waals surface area contributed by atoms with E-state index in [1.807, 2.05) is 0 Å². The van der Waals surface area contributed by atoms with Crippen LogP contribution in [0, 0.1) is 0 Å². The number of alkyl halides is 3. The summed E-state index contributed by atoms with van der Waals surface area (Å²) in [6.07, 6.45) is 10.2. The van der Waals surface area contributed by atoms with Gasteiger partial charge in [0.1, 0.15) is 6.04 Å². The summed E-state index contributed by atoms with van der Waals surface area (Å²) < 4.78 is 41.9. The SMILES string of the molecule is C=CCC(NC(=O)C(F)(F)F)C(=O)OCCCCCCCCCCCCCC. The van der Waals surface area contributed by atoms with Gasteiger partial charge in [-0.25, -0.2) is 4.79 Å². The number of nitrogens with one attached hydrogen (secondary N) is 1. The summed E-state index contributed by atoms with van der Waals surface area (Å²) in [6.45, 7) is 5.74. The largest absolute Gasteiger partial charge is 0.471 e. The highest BCUT2D eigenvalue weighted by molar-refractivity contribution is 5.87. The molecule has 0 aromatic carbocycles. The summed E-state index contributed by atoms with van der Waals surface area (Å²) in [5, 5.41) is 1.64. The summed E-state index contributed by atoms with van der Waals surface area (Å²) >= 11 is 0. The second-order valence-corrected chi connectivity index (χ2v) is 7.10. The van der Waals surface area contributed by atoms with E-state index in [2.05, 4.69) is 13.5 Å². The number of rotatable bonds is 17. The molecule has 0 aliphatic heterocycles. The predicted molar refractivity (Wildman–Crippen MR) is 105 cm³/mol. The van der Waals surface area contributed by atoms with Gasteiger partial charge in [-0.1, -0.05) is 83.6 Å². The average molecular weight is 408 g/mol. The van der Waals surface area contributed by atoms with E-state index in [0.29, 0.717) is 6.42 Å². The van der Waals surface area contributed by atoms with Gasteiger partial charge in [-0.15, -0.1) is 6.58 Å². The highest BCUT2D eigenvalue weighted by Crippen LogP contribution is 2.15. The van der Waals surface area contributed by atoms with Gasteiger partial charge in [0.05, 0.1) is 6.61 Å². The van der Waals surface area contributed by atoms with Crippen molar-refractivity contribution >= 4 is 11.9 Å². The quantitative estimate of drug-likeness (QED) is 0.187. The van der Waals surface area contributed by atoms with E-state index in [9.17, 15) is 22.8 Å². The molecule has 1 unspecified atom stereocenters. The summed E-state index contributed by atoms with van der Waals surface area (Å²) in [5.74, 6) is -3.01. The van der Waals surface area contributed by atoms with Crippen molar-refractivity contribution in [3.05, 3.63) is 12.7 Å². The Labute approximate surface area is 167 Å². The Bertz CT molecular complexity index is 439. The van der Waals surface area contributed by atoms with Crippen LogP contribution in [-0.4, -0.2) is 30.7 Å². The molecule has 0 radical (unpaired) electrons. The highest BCUT2D eigenvalue weighted by Gasteiger charge is 2.40. The lowest BCUT2D eigenvalue weighted by Gasteiger charge is -2.17. The number of carbonyl (C=O) groups excluding carboxylic acids is 2. The van der Waals surface area contributed by atoms with Crippen molar-refractivity contribution in [2.24, 2.45) is 0 Å². The Morgan fingerprint density at radius 1 is 0.929 bits per heavy atom. The van der Waals surface area contributed by atoms with Gasteiger partial charge < -0.3 is 10.1 Å². The minimum absolute atomic E-state index is 0.112. The van der Waals surface area contributed by atoms with Crippen molar-refractivity contribution in [3.63, 3.8) is 0 Å². The first-order valence-electron chi connectivity index (χ1n) is 10.5. The second kappa shape index (κ2) is 16.4. The van der Waals surface area contributed by atoms with Crippen LogP contribution in [0.15, 0.2) is 12.7 Å². The topological polar surface area (TPSA) is 55.4 Å². The molecule has 0 bridgehead atoms. The van der Waals surface area contributed by atoms with Crippen LogP contribution in [0.3, 0.4) is 0 Å². The molecule has 1 N–H and O–H groups in total. The van der Waals surface area contributed by atoms with Crippen molar-refractivity contribution < 1.29 is 27.5 Å². The molecule has 0 aliphatic rings. The van der Waals surface area contributed by atoms with E-state index in [1.54, 1.807) is 5.32 Å². The van der Waals surface area contributed by atoms with Crippen molar-refractivity contribution in [2.75, 3.05) is 6.61 Å². The first-order chi connectivity index (χ1) is 13.3. The van der Waals surface area contributed by atoms with Gasteiger partial charge in [-0.05, 0) is 12.8 Å². The van der Waals surface area contributed by atoms with E-state index in [1.165, 1.54) is 57.4 Å². The summed E-state index contributed by atoms with van der Waals surface area (Å²) in [5.41, 5.74) is 0. The summed E-state index contributed by atoms with van der Waals surface area (Å²) in [6, 6.07) is -1.36. The lowest BCUT2D eigenvalue weighted by atomic mass is 10.1. The van der Waals surface area contributed by atoms with Crippen molar-refractivity contribution in [1.29, 1.82) is 0 Å². The Morgan fingerprint density at radius 3 is 1.82 bits per heavy atom. The van der Waals surface area contributed by atoms with Gasteiger partial charge in [0.2, 0.25) is 0 Å². The van der Waals surface area contributed by atoms with Gasteiger partial charge in [0.15, 0.2) is 0 Å². The molecule has 0 rings (SSSR count). The van der Waals surface area contributed by atoms with Gasteiger partial charge in [-0.2, -0.15) is 13.2 Å². The molecule has 0 fully saturated rings. The maximum absolute atomic E-state index is 12.3. The first kappa shape index (κ1) is 26.5. The Morgan fingerprint density at radius 2 is 1.39 bits per heavy atom. The molecule has 0 aliphatic carbocycles. The third kappa shape index (κ3) is 14.5. The van der Waals surface area contributed by atoms with E-state index in [4.69, 9.17) is 4.74 Å². The maximum atomic E-state index is 12.3. The van der Waals surface area contributed by atoms with Crippen LogP contribution in [0.4, 0.5) is 13.2 Å². The van der Waals surface area contributed by atoms with Crippen molar-refractivity contribution in [1.82, 2.24) is 5.32 Å². The van der Waals surface area contributed by atoms with Crippen LogP contribution >= 0.6 is 0 Å². The fourth-order valence-corrected chi connectivity index (χ4v) is 2.84. The third-order valence-electron chi connectivity index (χ3n) is 4.49. The predicted octanol–water partition coefficient (Wildman–Crippen LogP) is 5.85. The molecular formula is C21H36F3NO3. The van der Waals surface area contributed by atoms with Crippen LogP contribution in [0.2, 0.25) is 0 Å². The molecule has 0 heterocycles. The zero-order valence-corrected chi connectivity index (χ0v) is 17.1. The van der Waals surface area contributed by atoms with E-state index < -0.39 is 24.1 Å². The van der Waals surface area contributed by atoms with Gasteiger partial charge >= 0.3 is 18.1 Å². The minimum Gasteiger partial charge on any atom is -0.464 e. The molecule has 4 nitrogen and oxygen atoms in total. The molecular weight excluding hydrogens is 371 g/mol. The molecule has 0 saturated carbocycles. The standard InChI is InChI=1S/C21H36F3NO3/c1-3-5-6-7-8-9-10-11-12-13-14-15-17-28-19(26)18(16-4-2)25-20(27)21(22,23)24/h4,18H,2-3,5-17H2,1H3,(H,25,27). The zero-order valence-electron chi connectivity index (χ0n) is 17.1. The Kier molecular flexibility index (Phi) is 15.5. The summed E-state index contributed by atoms with van der Waals surface area (Å²) in [4.78, 5) is 22.8. The molecule has 0 aromatic heterocycles. The van der Waals surface area contributed by atoms with Crippen LogP contribution < -0.4 is 5.32 Å². The molecule has 28 heavy (non-hydrogen) atoms.